The van der Waals surface area contributed by atoms with E-state index in [1.165, 1.54) is 0 Å². The second-order valence-electron chi connectivity index (χ2n) is 5.52. The Hall–Kier alpha value is -3.71. The third-order valence-corrected chi connectivity index (χ3v) is 3.89. The smallest absolute Gasteiger partial charge is 0.141 e. The van der Waals surface area contributed by atoms with Crippen LogP contribution in [-0.4, -0.2) is 15.0 Å². The molecule has 0 unspecified atom stereocenters. The summed E-state index contributed by atoms with van der Waals surface area (Å²) in [5.74, 6) is 3.37. The molecule has 2 heterocycles. The molecule has 4 nitrogen and oxygen atoms in total. The molecule has 2 aromatic carbocycles. The quantitative estimate of drug-likeness (QED) is 0.567. The molecule has 0 amide bonds. The van der Waals surface area contributed by atoms with Crippen LogP contribution in [0.15, 0.2) is 73.2 Å². The second-order valence-corrected chi connectivity index (χ2v) is 5.52. The van der Waals surface area contributed by atoms with Crippen LogP contribution in [-0.2, 0) is 0 Å². The standard InChI is InChI=1S/C21H14N4/c1-2-15-6-5-7-17(12-15)25-21-18-13-16(19-8-3-4-11-22-19)9-10-20(18)23-14-24-21/h1,3-14H,(H,23,24,25). The van der Waals surface area contributed by atoms with Crippen LogP contribution >= 0.6 is 0 Å². The molecule has 0 spiro atoms. The van der Waals surface area contributed by atoms with Gasteiger partial charge in [-0.2, -0.15) is 0 Å². The van der Waals surface area contributed by atoms with Crippen molar-refractivity contribution in [3.63, 3.8) is 0 Å². The number of hydrogen-bond acceptors (Lipinski definition) is 4. The molecule has 0 aliphatic heterocycles. The van der Waals surface area contributed by atoms with Gasteiger partial charge in [-0.05, 0) is 42.5 Å². The summed E-state index contributed by atoms with van der Waals surface area (Å²) >= 11 is 0. The van der Waals surface area contributed by atoms with Crippen LogP contribution in [0.1, 0.15) is 5.56 Å². The first kappa shape index (κ1) is 14.9. The molecule has 0 bridgehead atoms. The summed E-state index contributed by atoms with van der Waals surface area (Å²) in [6.07, 6.45) is 8.81. The van der Waals surface area contributed by atoms with E-state index in [0.717, 1.165) is 39.2 Å². The summed E-state index contributed by atoms with van der Waals surface area (Å²) in [6.45, 7) is 0. The highest BCUT2D eigenvalue weighted by Crippen LogP contribution is 2.27. The van der Waals surface area contributed by atoms with Crippen LogP contribution in [0, 0.1) is 12.3 Å². The van der Waals surface area contributed by atoms with Crippen molar-refractivity contribution in [1.82, 2.24) is 15.0 Å². The third-order valence-electron chi connectivity index (χ3n) is 3.89. The van der Waals surface area contributed by atoms with E-state index in [-0.39, 0.29) is 0 Å². The molecule has 4 heteroatoms. The fourth-order valence-electron chi connectivity index (χ4n) is 2.67. The number of nitrogens with one attached hydrogen (secondary N) is 1. The van der Waals surface area contributed by atoms with Crippen molar-refractivity contribution >= 4 is 22.4 Å². The number of pyridine rings is 1. The van der Waals surface area contributed by atoms with Gasteiger partial charge in [0.2, 0.25) is 0 Å². The van der Waals surface area contributed by atoms with Crippen molar-refractivity contribution in [2.24, 2.45) is 0 Å². The van der Waals surface area contributed by atoms with Gasteiger partial charge in [0.1, 0.15) is 12.1 Å². The molecule has 1 N–H and O–H groups in total. The van der Waals surface area contributed by atoms with E-state index < -0.39 is 0 Å². The first-order chi connectivity index (χ1) is 12.3. The highest BCUT2D eigenvalue weighted by Gasteiger charge is 2.07. The zero-order valence-electron chi connectivity index (χ0n) is 13.3. The van der Waals surface area contributed by atoms with Crippen LogP contribution in [0.3, 0.4) is 0 Å². The average Bonchev–Trinajstić information content (AvgIpc) is 2.69. The van der Waals surface area contributed by atoms with Crippen LogP contribution in [0.25, 0.3) is 22.2 Å². The lowest BCUT2D eigenvalue weighted by Gasteiger charge is -2.10. The Balaban J connectivity index is 1.79. The summed E-state index contributed by atoms with van der Waals surface area (Å²) < 4.78 is 0. The van der Waals surface area contributed by atoms with E-state index in [4.69, 9.17) is 6.42 Å². The second kappa shape index (κ2) is 6.42. The van der Waals surface area contributed by atoms with E-state index in [1.54, 1.807) is 12.5 Å². The van der Waals surface area contributed by atoms with Gasteiger partial charge in [0, 0.05) is 28.4 Å². The molecular weight excluding hydrogens is 308 g/mol. The van der Waals surface area contributed by atoms with Gasteiger partial charge in [0.15, 0.2) is 0 Å². The molecular formula is C21H14N4. The van der Waals surface area contributed by atoms with Gasteiger partial charge in [-0.25, -0.2) is 9.97 Å². The Morgan fingerprint density at radius 2 is 1.84 bits per heavy atom. The highest BCUT2D eigenvalue weighted by molar-refractivity contribution is 5.93. The topological polar surface area (TPSA) is 50.7 Å². The number of hydrogen-bond donors (Lipinski definition) is 1. The van der Waals surface area contributed by atoms with Crippen molar-refractivity contribution in [3.05, 3.63) is 78.8 Å². The van der Waals surface area contributed by atoms with Crippen LogP contribution in [0.4, 0.5) is 11.5 Å². The van der Waals surface area contributed by atoms with Gasteiger partial charge in [0.05, 0.1) is 11.2 Å². The number of anilines is 2. The lowest BCUT2D eigenvalue weighted by molar-refractivity contribution is 1.22. The van der Waals surface area contributed by atoms with Crippen LogP contribution in [0.2, 0.25) is 0 Å². The van der Waals surface area contributed by atoms with Gasteiger partial charge >= 0.3 is 0 Å². The van der Waals surface area contributed by atoms with Crippen molar-refractivity contribution in [3.8, 4) is 23.6 Å². The lowest BCUT2D eigenvalue weighted by atomic mass is 10.1. The van der Waals surface area contributed by atoms with E-state index >= 15 is 0 Å². The summed E-state index contributed by atoms with van der Waals surface area (Å²) in [5.41, 5.74) is 4.50. The summed E-state index contributed by atoms with van der Waals surface area (Å²) in [4.78, 5) is 13.2. The van der Waals surface area contributed by atoms with Crippen molar-refractivity contribution in [1.29, 1.82) is 0 Å². The number of nitrogens with zero attached hydrogens (tertiary/aromatic N) is 3. The summed E-state index contributed by atoms with van der Waals surface area (Å²) in [7, 11) is 0. The van der Waals surface area contributed by atoms with Crippen LogP contribution in [0.5, 0.6) is 0 Å². The highest BCUT2D eigenvalue weighted by atomic mass is 15.0. The molecule has 0 saturated carbocycles. The van der Waals surface area contributed by atoms with Crippen molar-refractivity contribution in [2.75, 3.05) is 5.32 Å². The normalized spacial score (nSPS) is 10.4. The van der Waals surface area contributed by atoms with Crippen molar-refractivity contribution < 1.29 is 0 Å². The average molecular weight is 322 g/mol. The Morgan fingerprint density at radius 1 is 0.880 bits per heavy atom. The molecule has 0 atom stereocenters. The molecule has 4 rings (SSSR count). The summed E-state index contributed by atoms with van der Waals surface area (Å²) in [5, 5.41) is 4.26. The van der Waals surface area contributed by atoms with E-state index in [1.807, 2.05) is 60.7 Å². The Morgan fingerprint density at radius 3 is 2.68 bits per heavy atom. The maximum absolute atomic E-state index is 5.48. The molecule has 0 aliphatic carbocycles. The first-order valence-corrected chi connectivity index (χ1v) is 7.83. The molecule has 25 heavy (non-hydrogen) atoms. The predicted molar refractivity (Wildman–Crippen MR) is 100 cm³/mol. The van der Waals surface area contributed by atoms with Gasteiger partial charge in [-0.3, -0.25) is 4.98 Å². The molecule has 0 aliphatic rings. The maximum Gasteiger partial charge on any atom is 0.141 e. The van der Waals surface area contributed by atoms with Gasteiger partial charge in [-0.1, -0.05) is 24.1 Å². The minimum absolute atomic E-state index is 0.733. The number of terminal acetylenes is 1. The summed E-state index contributed by atoms with van der Waals surface area (Å²) in [6, 6.07) is 19.6. The fraction of sp³-hybridized carbons (Fsp3) is 0. The first-order valence-electron chi connectivity index (χ1n) is 7.83. The SMILES string of the molecule is C#Cc1cccc(Nc2ncnc3ccc(-c4ccccn4)cc23)c1. The molecule has 0 fully saturated rings. The largest absolute Gasteiger partial charge is 0.340 e. The number of aromatic nitrogens is 3. The van der Waals surface area contributed by atoms with Crippen LogP contribution < -0.4 is 5.32 Å². The zero-order chi connectivity index (χ0) is 17.1. The van der Waals surface area contributed by atoms with E-state index in [0.29, 0.717) is 0 Å². The zero-order valence-corrected chi connectivity index (χ0v) is 13.3. The Kier molecular flexibility index (Phi) is 3.82. The monoisotopic (exact) mass is 322 g/mol. The third kappa shape index (κ3) is 3.04. The van der Waals surface area contributed by atoms with Gasteiger partial charge in [0.25, 0.3) is 0 Å². The molecule has 118 valence electrons. The minimum Gasteiger partial charge on any atom is -0.340 e. The van der Waals surface area contributed by atoms with E-state index in [9.17, 15) is 0 Å². The number of fused-ring (bicyclic) bond motifs is 1. The van der Waals surface area contributed by atoms with Gasteiger partial charge in [-0.15, -0.1) is 6.42 Å². The molecule has 2 aromatic heterocycles. The molecule has 0 saturated heterocycles. The lowest BCUT2D eigenvalue weighted by Crippen LogP contribution is -1.96. The minimum atomic E-state index is 0.733. The molecule has 4 aromatic rings. The Bertz CT molecular complexity index is 1080. The number of rotatable bonds is 3. The fourth-order valence-corrected chi connectivity index (χ4v) is 2.67. The Labute approximate surface area is 145 Å². The maximum atomic E-state index is 5.48. The van der Waals surface area contributed by atoms with Gasteiger partial charge < -0.3 is 5.32 Å². The molecule has 0 radical (unpaired) electrons. The predicted octanol–water partition coefficient (Wildman–Crippen LogP) is 4.42. The van der Waals surface area contributed by atoms with Crippen molar-refractivity contribution in [2.45, 2.75) is 0 Å². The number of benzene rings is 2. The van der Waals surface area contributed by atoms with E-state index in [2.05, 4.69) is 26.2 Å².